The van der Waals surface area contributed by atoms with Gasteiger partial charge in [0.1, 0.15) is 5.82 Å². The van der Waals surface area contributed by atoms with E-state index in [-0.39, 0.29) is 36.1 Å². The molecule has 0 N–H and O–H groups in total. The van der Waals surface area contributed by atoms with Gasteiger partial charge >= 0.3 is 6.18 Å². The Morgan fingerprint density at radius 1 is 1.14 bits per heavy atom. The quantitative estimate of drug-likeness (QED) is 0.777. The van der Waals surface area contributed by atoms with Crippen molar-refractivity contribution < 1.29 is 26.0 Å². The van der Waals surface area contributed by atoms with Crippen LogP contribution in [-0.4, -0.2) is 56.5 Å². The van der Waals surface area contributed by atoms with E-state index in [4.69, 9.17) is 11.6 Å². The highest BCUT2D eigenvalue weighted by Gasteiger charge is 2.34. The maximum atomic E-state index is 13.1. The number of hydrogen-bond acceptors (Lipinski definition) is 3. The van der Waals surface area contributed by atoms with E-state index in [1.807, 2.05) is 0 Å². The minimum absolute atomic E-state index is 0.0202. The Kier molecular flexibility index (Phi) is 5.00. The molecule has 1 aromatic rings. The molecular formula is C12H13ClF4N2O2S. The third-order valence-corrected chi connectivity index (χ3v) is 5.45. The van der Waals surface area contributed by atoms with Gasteiger partial charge in [-0.3, -0.25) is 4.90 Å². The van der Waals surface area contributed by atoms with Gasteiger partial charge in [-0.1, -0.05) is 11.6 Å². The van der Waals surface area contributed by atoms with Crippen molar-refractivity contribution in [1.82, 2.24) is 9.21 Å². The molecule has 1 aromatic carbocycles. The lowest BCUT2D eigenvalue weighted by Gasteiger charge is -2.34. The van der Waals surface area contributed by atoms with Crippen LogP contribution >= 0.6 is 11.6 Å². The molecule has 0 bridgehead atoms. The zero-order valence-corrected chi connectivity index (χ0v) is 12.8. The molecule has 124 valence electrons. The second-order valence-corrected chi connectivity index (χ2v) is 7.22. The minimum atomic E-state index is -4.31. The molecule has 0 unspecified atom stereocenters. The van der Waals surface area contributed by atoms with E-state index in [9.17, 15) is 26.0 Å². The highest BCUT2D eigenvalue weighted by molar-refractivity contribution is 7.89. The van der Waals surface area contributed by atoms with Gasteiger partial charge in [0, 0.05) is 26.2 Å². The molecule has 1 heterocycles. The predicted molar refractivity (Wildman–Crippen MR) is 72.7 cm³/mol. The highest BCUT2D eigenvalue weighted by atomic mass is 35.5. The van der Waals surface area contributed by atoms with Crippen LogP contribution in [0.2, 0.25) is 5.02 Å². The number of alkyl halides is 3. The van der Waals surface area contributed by atoms with Gasteiger partial charge in [0.15, 0.2) is 0 Å². The first-order valence-electron chi connectivity index (χ1n) is 6.34. The van der Waals surface area contributed by atoms with Crippen LogP contribution in [-0.2, 0) is 10.0 Å². The Morgan fingerprint density at radius 2 is 1.73 bits per heavy atom. The van der Waals surface area contributed by atoms with Gasteiger partial charge < -0.3 is 0 Å². The fourth-order valence-electron chi connectivity index (χ4n) is 2.17. The third-order valence-electron chi connectivity index (χ3n) is 3.26. The van der Waals surface area contributed by atoms with Gasteiger partial charge in [-0.15, -0.1) is 0 Å². The van der Waals surface area contributed by atoms with Crippen molar-refractivity contribution in [3.05, 3.63) is 29.0 Å². The van der Waals surface area contributed by atoms with Crippen LogP contribution < -0.4 is 0 Å². The Bertz CT molecular complexity index is 643. The van der Waals surface area contributed by atoms with Crippen molar-refractivity contribution in [2.45, 2.75) is 11.1 Å². The van der Waals surface area contributed by atoms with E-state index in [1.54, 1.807) is 0 Å². The van der Waals surface area contributed by atoms with Crippen LogP contribution in [0.15, 0.2) is 23.1 Å². The summed E-state index contributed by atoms with van der Waals surface area (Å²) in [6.07, 6.45) is -4.31. The van der Waals surface area contributed by atoms with E-state index < -0.39 is 28.6 Å². The zero-order valence-electron chi connectivity index (χ0n) is 11.3. The van der Waals surface area contributed by atoms with Gasteiger partial charge in [0.2, 0.25) is 10.0 Å². The predicted octanol–water partition coefficient (Wildman–Crippen LogP) is 2.35. The molecule has 0 spiro atoms. The normalized spacial score (nSPS) is 18.6. The fourth-order valence-corrected chi connectivity index (χ4v) is 3.86. The average molecular weight is 361 g/mol. The zero-order chi connectivity index (χ0) is 16.5. The first-order valence-corrected chi connectivity index (χ1v) is 8.16. The summed E-state index contributed by atoms with van der Waals surface area (Å²) >= 11 is 5.56. The SMILES string of the molecule is O=S(=O)(c1ccc(F)c(Cl)c1)N1CCN(CC(F)(F)F)CC1. The summed E-state index contributed by atoms with van der Waals surface area (Å²) in [6, 6.07) is 3.02. The number of rotatable bonds is 3. The molecule has 4 nitrogen and oxygen atoms in total. The molecular weight excluding hydrogens is 348 g/mol. The maximum absolute atomic E-state index is 13.1. The molecule has 0 amide bonds. The molecule has 10 heteroatoms. The van der Waals surface area contributed by atoms with Gasteiger partial charge in [0.25, 0.3) is 0 Å². The summed E-state index contributed by atoms with van der Waals surface area (Å²) in [6.45, 7) is -1.23. The van der Waals surface area contributed by atoms with Crippen LogP contribution in [0.25, 0.3) is 0 Å². The Balaban J connectivity index is 2.08. The van der Waals surface area contributed by atoms with Crippen molar-refractivity contribution >= 4 is 21.6 Å². The van der Waals surface area contributed by atoms with Crippen LogP contribution in [0.1, 0.15) is 0 Å². The molecule has 22 heavy (non-hydrogen) atoms. The monoisotopic (exact) mass is 360 g/mol. The van der Waals surface area contributed by atoms with E-state index >= 15 is 0 Å². The number of sulfonamides is 1. The van der Waals surface area contributed by atoms with Crippen LogP contribution in [0.3, 0.4) is 0 Å². The lowest BCUT2D eigenvalue weighted by Crippen LogP contribution is -2.50. The average Bonchev–Trinajstić information content (AvgIpc) is 2.40. The molecule has 0 aromatic heterocycles. The van der Waals surface area contributed by atoms with E-state index in [1.165, 1.54) is 0 Å². The summed E-state index contributed by atoms with van der Waals surface area (Å²) in [5.74, 6) is -0.740. The molecule has 0 radical (unpaired) electrons. The van der Waals surface area contributed by atoms with Gasteiger partial charge in [-0.25, -0.2) is 12.8 Å². The molecule has 1 fully saturated rings. The van der Waals surface area contributed by atoms with Crippen molar-refractivity contribution in [1.29, 1.82) is 0 Å². The minimum Gasteiger partial charge on any atom is -0.292 e. The smallest absolute Gasteiger partial charge is 0.292 e. The van der Waals surface area contributed by atoms with Gasteiger partial charge in [-0.2, -0.15) is 17.5 Å². The molecule has 2 rings (SSSR count). The molecule has 0 aliphatic carbocycles. The Morgan fingerprint density at radius 3 is 2.23 bits per heavy atom. The fraction of sp³-hybridized carbons (Fsp3) is 0.500. The Labute approximate surface area is 130 Å². The molecule has 1 aliphatic heterocycles. The van der Waals surface area contributed by atoms with Gasteiger partial charge in [0.05, 0.1) is 16.5 Å². The number of benzene rings is 1. The van der Waals surface area contributed by atoms with Crippen LogP contribution in [0.5, 0.6) is 0 Å². The maximum Gasteiger partial charge on any atom is 0.401 e. The van der Waals surface area contributed by atoms with Crippen LogP contribution in [0.4, 0.5) is 17.6 Å². The van der Waals surface area contributed by atoms with E-state index in [2.05, 4.69) is 0 Å². The largest absolute Gasteiger partial charge is 0.401 e. The number of hydrogen-bond donors (Lipinski definition) is 0. The van der Waals surface area contributed by atoms with Gasteiger partial charge in [-0.05, 0) is 18.2 Å². The molecule has 1 saturated heterocycles. The number of nitrogens with zero attached hydrogens (tertiary/aromatic N) is 2. The van der Waals surface area contributed by atoms with E-state index in [0.29, 0.717) is 0 Å². The van der Waals surface area contributed by atoms with Crippen molar-refractivity contribution in [3.8, 4) is 0 Å². The van der Waals surface area contributed by atoms with Crippen LogP contribution in [0, 0.1) is 5.82 Å². The molecule has 0 saturated carbocycles. The second kappa shape index (κ2) is 6.31. The summed E-state index contributed by atoms with van der Waals surface area (Å²) in [7, 11) is -3.89. The highest BCUT2D eigenvalue weighted by Crippen LogP contribution is 2.24. The lowest BCUT2D eigenvalue weighted by atomic mass is 10.3. The number of piperazine rings is 1. The summed E-state index contributed by atoms with van der Waals surface area (Å²) in [5, 5.41) is -0.322. The molecule has 0 atom stereocenters. The van der Waals surface area contributed by atoms with Crippen molar-refractivity contribution in [2.24, 2.45) is 0 Å². The third kappa shape index (κ3) is 4.09. The van der Waals surface area contributed by atoms with E-state index in [0.717, 1.165) is 27.4 Å². The lowest BCUT2D eigenvalue weighted by molar-refractivity contribution is -0.148. The van der Waals surface area contributed by atoms with Crippen molar-refractivity contribution in [3.63, 3.8) is 0 Å². The summed E-state index contributed by atoms with van der Waals surface area (Å²) < 4.78 is 75.7. The topological polar surface area (TPSA) is 40.6 Å². The standard InChI is InChI=1S/C12H13ClF4N2O2S/c13-10-7-9(1-2-11(10)14)22(20,21)19-5-3-18(4-6-19)8-12(15,16)17/h1-2,7H,3-6,8H2. The number of halogens is 5. The molecule has 1 aliphatic rings. The first kappa shape index (κ1) is 17.5. The first-order chi connectivity index (χ1) is 10.1. The summed E-state index contributed by atoms with van der Waals surface area (Å²) in [5.41, 5.74) is 0. The van der Waals surface area contributed by atoms with Crippen molar-refractivity contribution in [2.75, 3.05) is 32.7 Å². The Hall–Kier alpha value is -0.900. The summed E-state index contributed by atoms with van der Waals surface area (Å²) in [4.78, 5) is 0.965. The second-order valence-electron chi connectivity index (χ2n) is 4.87.